The molecular formula is C30H34ClN3O4. The molecule has 38 heavy (non-hydrogen) atoms. The molecule has 2 saturated heterocycles. The molecule has 3 heterocycles. The van der Waals surface area contributed by atoms with E-state index in [1.807, 2.05) is 12.1 Å². The Balaban J connectivity index is 1.35. The zero-order valence-corrected chi connectivity index (χ0v) is 22.5. The minimum atomic E-state index is -0.0710. The SMILES string of the molecule is COc1cc(-c2ccc3ncc(C(=O)C4CC4)c(N4CCC(CN5CCOCC5)CC4)c3c2)cc(Cl)c1O. The number of anilines is 1. The van der Waals surface area contributed by atoms with Crippen LogP contribution in [0.5, 0.6) is 11.5 Å². The quantitative estimate of drug-likeness (QED) is 0.405. The number of rotatable bonds is 7. The van der Waals surface area contributed by atoms with Crippen molar-refractivity contribution >= 4 is 34.0 Å². The predicted octanol–water partition coefficient (Wildman–Crippen LogP) is 5.41. The Morgan fingerprint density at radius 2 is 1.84 bits per heavy atom. The third kappa shape index (κ3) is 5.07. The summed E-state index contributed by atoms with van der Waals surface area (Å²) in [7, 11) is 1.51. The van der Waals surface area contributed by atoms with Crippen LogP contribution in [-0.2, 0) is 4.74 Å². The van der Waals surface area contributed by atoms with Crippen molar-refractivity contribution in [2.75, 3.05) is 57.9 Å². The number of carbonyl (C=O) groups is 1. The molecule has 200 valence electrons. The molecule has 0 atom stereocenters. The van der Waals surface area contributed by atoms with Crippen LogP contribution in [0.25, 0.3) is 22.0 Å². The van der Waals surface area contributed by atoms with Crippen LogP contribution < -0.4 is 9.64 Å². The minimum absolute atomic E-state index is 0.0710. The molecule has 2 aromatic carbocycles. The summed E-state index contributed by atoms with van der Waals surface area (Å²) in [5, 5.41) is 11.4. The maximum atomic E-state index is 13.4. The number of methoxy groups -OCH3 is 1. The molecule has 3 aliphatic rings. The molecule has 1 aromatic heterocycles. The van der Waals surface area contributed by atoms with Gasteiger partial charge in [0.25, 0.3) is 0 Å². The first-order chi connectivity index (χ1) is 18.5. The normalized spacial score (nSPS) is 19.2. The summed E-state index contributed by atoms with van der Waals surface area (Å²) in [6, 6.07) is 9.62. The zero-order valence-electron chi connectivity index (χ0n) is 21.8. The number of ketones is 1. The fourth-order valence-corrected chi connectivity index (χ4v) is 6.04. The number of hydrogen-bond acceptors (Lipinski definition) is 7. The van der Waals surface area contributed by atoms with E-state index in [1.165, 1.54) is 7.11 Å². The number of benzene rings is 2. The van der Waals surface area contributed by atoms with Crippen LogP contribution in [0.1, 0.15) is 36.0 Å². The molecule has 7 nitrogen and oxygen atoms in total. The standard InChI is InChI=1S/C30H34ClN3O4/c1-37-27-16-22(15-25(31)30(27)36)21-4-5-26-23(14-21)28(24(17-32-26)29(35)20-2-3-20)34-8-6-19(7-9-34)18-33-10-12-38-13-11-33/h4-5,14-17,19-20,36H,2-3,6-13,18H2,1H3. The van der Waals surface area contributed by atoms with Crippen molar-refractivity contribution in [3.05, 3.63) is 47.1 Å². The molecule has 3 aromatic rings. The van der Waals surface area contributed by atoms with Crippen LogP contribution in [0.15, 0.2) is 36.5 Å². The van der Waals surface area contributed by atoms with Crippen molar-refractivity contribution in [1.29, 1.82) is 0 Å². The molecule has 6 rings (SSSR count). The summed E-state index contributed by atoms with van der Waals surface area (Å²) in [5.41, 5.74) is 4.38. The highest BCUT2D eigenvalue weighted by Gasteiger charge is 2.34. The van der Waals surface area contributed by atoms with Crippen molar-refractivity contribution in [2.45, 2.75) is 25.7 Å². The fraction of sp³-hybridized carbons (Fsp3) is 0.467. The van der Waals surface area contributed by atoms with Crippen molar-refractivity contribution in [2.24, 2.45) is 11.8 Å². The summed E-state index contributed by atoms with van der Waals surface area (Å²) in [5.74, 6) is 1.24. The molecule has 1 aliphatic carbocycles. The Hall–Kier alpha value is -2.87. The molecule has 2 aliphatic heterocycles. The third-order valence-corrected chi connectivity index (χ3v) is 8.47. The topological polar surface area (TPSA) is 75.1 Å². The maximum Gasteiger partial charge on any atom is 0.176 e. The zero-order chi connectivity index (χ0) is 26.2. The third-order valence-electron chi connectivity index (χ3n) is 8.19. The van der Waals surface area contributed by atoms with Crippen LogP contribution in [0.4, 0.5) is 5.69 Å². The summed E-state index contributed by atoms with van der Waals surface area (Å²) >= 11 is 6.31. The average molecular weight is 536 g/mol. The van der Waals surface area contributed by atoms with Crippen LogP contribution in [0, 0.1) is 11.8 Å². The van der Waals surface area contributed by atoms with E-state index in [2.05, 4.69) is 15.9 Å². The van der Waals surface area contributed by atoms with E-state index < -0.39 is 0 Å². The Labute approximate surface area is 228 Å². The number of fused-ring (bicyclic) bond motifs is 1. The van der Waals surface area contributed by atoms with E-state index in [0.717, 1.165) is 105 Å². The van der Waals surface area contributed by atoms with Gasteiger partial charge in [-0.15, -0.1) is 0 Å². The van der Waals surface area contributed by atoms with Gasteiger partial charge in [0.1, 0.15) is 0 Å². The van der Waals surface area contributed by atoms with E-state index in [9.17, 15) is 9.90 Å². The Morgan fingerprint density at radius 1 is 1.08 bits per heavy atom. The van der Waals surface area contributed by atoms with Crippen molar-refractivity contribution in [1.82, 2.24) is 9.88 Å². The number of aromatic hydroxyl groups is 1. The summed E-state index contributed by atoms with van der Waals surface area (Å²) in [6.45, 7) is 6.65. The fourth-order valence-electron chi connectivity index (χ4n) is 5.83. The number of Topliss-reactive ketones (excluding diaryl/α,β-unsaturated/α-hetero) is 1. The molecule has 0 amide bonds. The van der Waals surface area contributed by atoms with Crippen LogP contribution in [-0.4, -0.2) is 73.8 Å². The van der Waals surface area contributed by atoms with E-state index in [4.69, 9.17) is 26.1 Å². The van der Waals surface area contributed by atoms with Gasteiger partial charge >= 0.3 is 0 Å². The number of morpholine rings is 1. The van der Waals surface area contributed by atoms with E-state index >= 15 is 0 Å². The Morgan fingerprint density at radius 3 is 2.55 bits per heavy atom. The van der Waals surface area contributed by atoms with E-state index in [1.54, 1.807) is 18.3 Å². The number of phenolic OH excluding ortho intramolecular Hbond substituents is 1. The van der Waals surface area contributed by atoms with Crippen molar-refractivity contribution in [3.63, 3.8) is 0 Å². The summed E-state index contributed by atoms with van der Waals surface area (Å²) in [6.07, 6.45) is 5.91. The van der Waals surface area contributed by atoms with Gasteiger partial charge in [-0.25, -0.2) is 0 Å². The van der Waals surface area contributed by atoms with Gasteiger partial charge in [0, 0.05) is 50.2 Å². The maximum absolute atomic E-state index is 13.4. The van der Waals surface area contributed by atoms with Crippen LogP contribution in [0.3, 0.4) is 0 Å². The van der Waals surface area contributed by atoms with Crippen molar-refractivity contribution < 1.29 is 19.4 Å². The monoisotopic (exact) mass is 535 g/mol. The molecule has 0 spiro atoms. The second-order valence-corrected chi connectivity index (χ2v) is 11.2. The highest BCUT2D eigenvalue weighted by molar-refractivity contribution is 6.32. The first kappa shape index (κ1) is 25.4. The van der Waals surface area contributed by atoms with Crippen LogP contribution in [0.2, 0.25) is 5.02 Å². The smallest absolute Gasteiger partial charge is 0.176 e. The number of piperidine rings is 1. The molecule has 1 saturated carbocycles. The molecule has 8 heteroatoms. The Bertz CT molecular complexity index is 1350. The highest BCUT2D eigenvalue weighted by atomic mass is 35.5. The lowest BCUT2D eigenvalue weighted by atomic mass is 9.93. The lowest BCUT2D eigenvalue weighted by Crippen LogP contribution is -2.43. The number of nitrogens with zero attached hydrogens (tertiary/aromatic N) is 3. The largest absolute Gasteiger partial charge is 0.503 e. The van der Waals surface area contributed by atoms with Gasteiger partial charge in [-0.3, -0.25) is 14.7 Å². The van der Waals surface area contributed by atoms with Crippen LogP contribution >= 0.6 is 11.6 Å². The lowest BCUT2D eigenvalue weighted by molar-refractivity contribution is 0.0289. The molecule has 0 bridgehead atoms. The molecule has 3 fully saturated rings. The first-order valence-electron chi connectivity index (χ1n) is 13.6. The van der Waals surface area contributed by atoms with E-state index in [-0.39, 0.29) is 22.5 Å². The number of hydrogen-bond donors (Lipinski definition) is 1. The van der Waals surface area contributed by atoms with Gasteiger partial charge in [-0.2, -0.15) is 0 Å². The average Bonchev–Trinajstić information content (AvgIpc) is 3.80. The van der Waals surface area contributed by atoms with Gasteiger partial charge in [0.15, 0.2) is 17.3 Å². The number of halogens is 1. The van der Waals surface area contributed by atoms with Crippen molar-refractivity contribution in [3.8, 4) is 22.6 Å². The number of phenols is 1. The molecular weight excluding hydrogens is 502 g/mol. The minimum Gasteiger partial charge on any atom is -0.503 e. The summed E-state index contributed by atoms with van der Waals surface area (Å²) < 4.78 is 10.8. The molecule has 0 radical (unpaired) electrons. The van der Waals surface area contributed by atoms with Gasteiger partial charge < -0.3 is 19.5 Å². The molecule has 0 unspecified atom stereocenters. The first-order valence-corrected chi connectivity index (χ1v) is 14.0. The van der Waals surface area contributed by atoms with Gasteiger partial charge in [-0.05, 0) is 67.0 Å². The van der Waals surface area contributed by atoms with Gasteiger partial charge in [0.05, 0.1) is 42.1 Å². The second kappa shape index (κ2) is 10.7. The highest BCUT2D eigenvalue weighted by Crippen LogP contribution is 2.42. The Kier molecular flexibility index (Phi) is 7.16. The predicted molar refractivity (Wildman–Crippen MR) is 150 cm³/mol. The van der Waals surface area contributed by atoms with Gasteiger partial charge in [0.2, 0.25) is 0 Å². The summed E-state index contributed by atoms with van der Waals surface area (Å²) in [4.78, 5) is 23.0. The lowest BCUT2D eigenvalue weighted by Gasteiger charge is -2.38. The van der Waals surface area contributed by atoms with E-state index in [0.29, 0.717) is 11.7 Å². The van der Waals surface area contributed by atoms with Gasteiger partial charge in [-0.1, -0.05) is 17.7 Å². The number of pyridine rings is 1. The number of carbonyl (C=O) groups excluding carboxylic acids is 1. The number of ether oxygens (including phenoxy) is 2. The molecule has 1 N–H and O–H groups in total. The second-order valence-electron chi connectivity index (χ2n) is 10.7. The number of aromatic nitrogens is 1.